The van der Waals surface area contributed by atoms with Crippen molar-refractivity contribution in [2.24, 2.45) is 0 Å². The second-order valence-corrected chi connectivity index (χ2v) is 6.29. The molecular formula is C17H16N2O4S. The maximum Gasteiger partial charge on any atom is 0.307 e. The number of hydrogen-bond acceptors (Lipinski definition) is 6. The first kappa shape index (κ1) is 16.4. The first-order valence-corrected chi connectivity index (χ1v) is 8.60. The van der Waals surface area contributed by atoms with E-state index in [-0.39, 0.29) is 35.5 Å². The molecule has 0 spiro atoms. The Labute approximate surface area is 142 Å². The lowest BCUT2D eigenvalue weighted by Crippen LogP contribution is -2.27. The van der Waals surface area contributed by atoms with Crippen LogP contribution < -0.4 is 5.56 Å². The van der Waals surface area contributed by atoms with Gasteiger partial charge in [-0.1, -0.05) is 42.1 Å². The van der Waals surface area contributed by atoms with Crippen molar-refractivity contribution in [3.63, 3.8) is 0 Å². The Kier molecular flexibility index (Phi) is 4.80. The zero-order valence-electron chi connectivity index (χ0n) is 13.1. The van der Waals surface area contributed by atoms with E-state index < -0.39 is 0 Å². The summed E-state index contributed by atoms with van der Waals surface area (Å²) < 4.78 is 6.42. The molecule has 1 unspecified atom stereocenters. The third-order valence-electron chi connectivity index (χ3n) is 3.67. The minimum Gasteiger partial charge on any atom is -0.466 e. The number of ketones is 1. The average molecular weight is 344 g/mol. The van der Waals surface area contributed by atoms with Crippen LogP contribution in [0.5, 0.6) is 0 Å². The molecular weight excluding hydrogens is 328 g/mol. The van der Waals surface area contributed by atoms with Crippen LogP contribution >= 0.6 is 11.8 Å². The number of aromatic nitrogens is 2. The average Bonchev–Trinajstić information content (AvgIpc) is 2.98. The van der Waals surface area contributed by atoms with Crippen LogP contribution in [0.2, 0.25) is 0 Å². The number of esters is 1. The van der Waals surface area contributed by atoms with Crippen LogP contribution in [0.3, 0.4) is 0 Å². The van der Waals surface area contributed by atoms with Gasteiger partial charge in [0.1, 0.15) is 5.69 Å². The number of ether oxygens (including phenoxy) is 1. The summed E-state index contributed by atoms with van der Waals surface area (Å²) in [6.07, 6.45) is 0.126. The molecule has 2 heterocycles. The summed E-state index contributed by atoms with van der Waals surface area (Å²) in [5.41, 5.74) is 0.292. The van der Waals surface area contributed by atoms with E-state index in [0.717, 1.165) is 0 Å². The molecule has 0 bridgehead atoms. The van der Waals surface area contributed by atoms with Gasteiger partial charge in [0.25, 0.3) is 5.56 Å². The second-order valence-electron chi connectivity index (χ2n) is 5.30. The third-order valence-corrected chi connectivity index (χ3v) is 4.76. The molecule has 1 aliphatic heterocycles. The molecule has 2 aromatic rings. The van der Waals surface area contributed by atoms with Crippen molar-refractivity contribution in [2.75, 3.05) is 12.4 Å². The third kappa shape index (κ3) is 3.26. The predicted molar refractivity (Wildman–Crippen MR) is 89.4 cm³/mol. The molecule has 1 aromatic heterocycles. The molecule has 124 valence electrons. The van der Waals surface area contributed by atoms with Crippen LogP contribution in [0.4, 0.5) is 0 Å². The van der Waals surface area contributed by atoms with Gasteiger partial charge in [-0.15, -0.1) is 0 Å². The van der Waals surface area contributed by atoms with Crippen LogP contribution in [-0.4, -0.2) is 33.7 Å². The van der Waals surface area contributed by atoms with Crippen molar-refractivity contribution in [2.45, 2.75) is 24.5 Å². The fourth-order valence-corrected chi connectivity index (χ4v) is 3.72. The lowest BCUT2D eigenvalue weighted by molar-refractivity contribution is -0.143. The van der Waals surface area contributed by atoms with Gasteiger partial charge in [-0.2, -0.15) is 0 Å². The van der Waals surface area contributed by atoms with Crippen LogP contribution in [0.1, 0.15) is 35.4 Å². The summed E-state index contributed by atoms with van der Waals surface area (Å²) in [4.78, 5) is 40.8. The van der Waals surface area contributed by atoms with Gasteiger partial charge in [-0.25, -0.2) is 4.98 Å². The maximum atomic E-state index is 12.4. The lowest BCUT2D eigenvalue weighted by Gasteiger charge is -2.12. The lowest BCUT2D eigenvalue weighted by atomic mass is 10.1. The number of carbonyl (C=O) groups is 2. The number of carbonyl (C=O) groups excluding carboxylic acids is 2. The van der Waals surface area contributed by atoms with Crippen molar-refractivity contribution < 1.29 is 14.3 Å². The summed E-state index contributed by atoms with van der Waals surface area (Å²) in [6.45, 7) is 2.05. The first-order chi connectivity index (χ1) is 11.6. The number of benzene rings is 1. The molecule has 24 heavy (non-hydrogen) atoms. The van der Waals surface area contributed by atoms with Gasteiger partial charge in [0.05, 0.1) is 19.1 Å². The maximum absolute atomic E-state index is 12.4. The van der Waals surface area contributed by atoms with E-state index in [9.17, 15) is 14.4 Å². The Morgan fingerprint density at radius 3 is 2.79 bits per heavy atom. The quantitative estimate of drug-likeness (QED) is 0.469. The van der Waals surface area contributed by atoms with Crippen molar-refractivity contribution in [3.05, 3.63) is 58.0 Å². The Morgan fingerprint density at radius 2 is 2.08 bits per heavy atom. The molecule has 1 aliphatic rings. The van der Waals surface area contributed by atoms with E-state index in [4.69, 9.17) is 4.74 Å². The summed E-state index contributed by atoms with van der Waals surface area (Å²) in [7, 11) is 0. The molecule has 0 saturated heterocycles. The summed E-state index contributed by atoms with van der Waals surface area (Å²) in [6, 6.07) is 9.66. The van der Waals surface area contributed by atoms with Crippen LogP contribution in [0, 0.1) is 0 Å². The second kappa shape index (κ2) is 7.00. The fourth-order valence-electron chi connectivity index (χ4n) is 2.57. The number of thioether (sulfide) groups is 1. The normalized spacial score (nSPS) is 15.8. The fraction of sp³-hybridized carbons (Fsp3) is 0.294. The van der Waals surface area contributed by atoms with E-state index in [2.05, 4.69) is 4.98 Å². The Hall–Kier alpha value is -2.41. The summed E-state index contributed by atoms with van der Waals surface area (Å²) >= 11 is 1.37. The zero-order chi connectivity index (χ0) is 17.1. The van der Waals surface area contributed by atoms with Crippen molar-refractivity contribution >= 4 is 23.5 Å². The highest BCUT2D eigenvalue weighted by Crippen LogP contribution is 2.32. The molecule has 0 fully saturated rings. The monoisotopic (exact) mass is 344 g/mol. The number of nitrogens with zero attached hydrogens (tertiary/aromatic N) is 2. The summed E-state index contributed by atoms with van der Waals surface area (Å²) in [5.74, 6) is -0.0674. The molecule has 0 amide bonds. The van der Waals surface area contributed by atoms with Gasteiger partial charge in [-0.05, 0) is 6.92 Å². The van der Waals surface area contributed by atoms with E-state index in [0.29, 0.717) is 23.1 Å². The number of fused-ring (bicyclic) bond motifs is 1. The van der Waals surface area contributed by atoms with Gasteiger partial charge in [0.15, 0.2) is 5.16 Å². The topological polar surface area (TPSA) is 78.3 Å². The van der Waals surface area contributed by atoms with Gasteiger partial charge >= 0.3 is 5.97 Å². The van der Waals surface area contributed by atoms with Crippen LogP contribution in [0.15, 0.2) is 46.3 Å². The largest absolute Gasteiger partial charge is 0.466 e. The molecule has 0 saturated carbocycles. The highest BCUT2D eigenvalue weighted by atomic mass is 32.2. The van der Waals surface area contributed by atoms with E-state index in [1.54, 1.807) is 31.2 Å². The Bertz CT molecular complexity index is 832. The van der Waals surface area contributed by atoms with Gasteiger partial charge in [0.2, 0.25) is 5.78 Å². The highest BCUT2D eigenvalue weighted by molar-refractivity contribution is 7.99. The smallest absolute Gasteiger partial charge is 0.307 e. The first-order valence-electron chi connectivity index (χ1n) is 7.62. The zero-order valence-corrected chi connectivity index (χ0v) is 13.9. The van der Waals surface area contributed by atoms with Gasteiger partial charge in [-0.3, -0.25) is 19.0 Å². The molecule has 7 heteroatoms. The summed E-state index contributed by atoms with van der Waals surface area (Å²) in [5, 5.41) is 0.469. The van der Waals surface area contributed by atoms with E-state index in [1.807, 2.05) is 6.07 Å². The molecule has 6 nitrogen and oxygen atoms in total. The molecule has 1 aromatic carbocycles. The van der Waals surface area contributed by atoms with E-state index >= 15 is 0 Å². The van der Waals surface area contributed by atoms with Crippen molar-refractivity contribution in [1.82, 2.24) is 9.55 Å². The van der Waals surface area contributed by atoms with Crippen molar-refractivity contribution in [1.29, 1.82) is 0 Å². The van der Waals surface area contributed by atoms with Crippen LogP contribution in [-0.2, 0) is 9.53 Å². The van der Waals surface area contributed by atoms with Gasteiger partial charge in [0, 0.05) is 17.4 Å². The Morgan fingerprint density at radius 1 is 1.33 bits per heavy atom. The molecule has 0 aliphatic carbocycles. The standard InChI is InChI=1S/C17H16N2O4S/c1-2-23-15(21)8-12-10-24-17-18-13(9-14(20)19(12)17)16(22)11-6-4-3-5-7-11/h3-7,9,12H,2,8,10H2,1H3. The molecule has 1 atom stereocenters. The van der Waals surface area contributed by atoms with E-state index in [1.165, 1.54) is 22.4 Å². The molecule has 0 radical (unpaired) electrons. The molecule has 0 N–H and O–H groups in total. The number of rotatable bonds is 5. The minimum atomic E-state index is -0.340. The predicted octanol–water partition coefficient (Wildman–Crippen LogP) is 2.07. The SMILES string of the molecule is CCOC(=O)CC1CSc2nc(C(=O)c3ccccc3)cc(=O)n21. The highest BCUT2D eigenvalue weighted by Gasteiger charge is 2.29. The Balaban J connectivity index is 1.89. The number of hydrogen-bond donors (Lipinski definition) is 0. The van der Waals surface area contributed by atoms with Gasteiger partial charge < -0.3 is 4.74 Å². The van der Waals surface area contributed by atoms with Crippen LogP contribution in [0.25, 0.3) is 0 Å². The van der Waals surface area contributed by atoms with Crippen molar-refractivity contribution in [3.8, 4) is 0 Å². The minimum absolute atomic E-state index is 0.126. The molecule has 3 rings (SSSR count).